The average Bonchev–Trinajstić information content (AvgIpc) is 2.96. The molecule has 1 saturated heterocycles. The van der Waals surface area contributed by atoms with Crippen molar-refractivity contribution in [1.29, 1.82) is 0 Å². The molecule has 0 saturated carbocycles. The number of nitrogens with zero attached hydrogens (tertiary/aromatic N) is 4. The molecule has 10 nitrogen and oxygen atoms in total. The van der Waals surface area contributed by atoms with E-state index in [4.69, 9.17) is 4.74 Å². The Morgan fingerprint density at radius 2 is 1.61 bits per heavy atom. The Morgan fingerprint density at radius 3 is 2.32 bits per heavy atom. The number of amides is 2. The lowest BCUT2D eigenvalue weighted by Crippen LogP contribution is -2.50. The maximum Gasteiger partial charge on any atom is 0.264 e. The smallest absolute Gasteiger partial charge is 0.264 e. The molecule has 0 bridgehead atoms. The summed E-state index contributed by atoms with van der Waals surface area (Å²) in [6, 6.07) is 16.4. The first-order valence-electron chi connectivity index (χ1n) is 11.9. The molecule has 0 atom stereocenters. The molecule has 38 heavy (non-hydrogen) atoms. The highest BCUT2D eigenvalue weighted by Crippen LogP contribution is 2.28. The molecule has 5 rings (SSSR count). The second kappa shape index (κ2) is 10.5. The molecule has 1 N–H and O–H groups in total. The predicted octanol–water partition coefficient (Wildman–Crippen LogP) is 3.04. The van der Waals surface area contributed by atoms with Gasteiger partial charge in [-0.25, -0.2) is 8.42 Å². The number of rotatable bonds is 6. The summed E-state index contributed by atoms with van der Waals surface area (Å²) in [7, 11) is -2.54. The quantitative estimate of drug-likeness (QED) is 0.406. The van der Waals surface area contributed by atoms with Crippen molar-refractivity contribution in [2.45, 2.75) is 4.90 Å². The van der Waals surface area contributed by atoms with E-state index in [2.05, 4.69) is 14.7 Å². The third-order valence-electron chi connectivity index (χ3n) is 6.33. The van der Waals surface area contributed by atoms with Crippen molar-refractivity contribution >= 4 is 38.4 Å². The fourth-order valence-electron chi connectivity index (χ4n) is 4.39. The zero-order valence-electron chi connectivity index (χ0n) is 20.6. The molecule has 194 valence electrons. The Morgan fingerprint density at radius 1 is 0.895 bits per heavy atom. The van der Waals surface area contributed by atoms with Crippen molar-refractivity contribution in [2.24, 2.45) is 0 Å². The van der Waals surface area contributed by atoms with E-state index >= 15 is 0 Å². The van der Waals surface area contributed by atoms with Crippen LogP contribution >= 0.6 is 0 Å². The SMILES string of the molecule is COc1cc(NS(=O)(=O)c2cccc3cccnc23)ccc1C(=O)N1CCN(C(=O)c2cccnc2)CC1. The van der Waals surface area contributed by atoms with E-state index < -0.39 is 10.0 Å². The largest absolute Gasteiger partial charge is 0.496 e. The number of sulfonamides is 1. The molecule has 0 unspecified atom stereocenters. The summed E-state index contributed by atoms with van der Waals surface area (Å²) in [5.74, 6) is -0.149. The van der Waals surface area contributed by atoms with Gasteiger partial charge in [0.05, 0.1) is 29.4 Å². The number of hydrogen-bond donors (Lipinski definition) is 1. The molecule has 0 aliphatic carbocycles. The number of para-hydroxylation sites is 1. The van der Waals surface area contributed by atoms with Gasteiger partial charge in [-0.1, -0.05) is 18.2 Å². The summed E-state index contributed by atoms with van der Waals surface area (Å²) in [5.41, 5.74) is 1.42. The van der Waals surface area contributed by atoms with Gasteiger partial charge in [0.15, 0.2) is 0 Å². The number of pyridine rings is 2. The number of piperazine rings is 1. The van der Waals surface area contributed by atoms with Gasteiger partial charge in [-0.05, 0) is 36.4 Å². The molecule has 0 spiro atoms. The van der Waals surface area contributed by atoms with Crippen LogP contribution in [0, 0.1) is 0 Å². The number of nitrogens with one attached hydrogen (secondary N) is 1. The van der Waals surface area contributed by atoms with E-state index in [-0.39, 0.29) is 28.1 Å². The number of methoxy groups -OCH3 is 1. The van der Waals surface area contributed by atoms with E-state index in [1.54, 1.807) is 58.6 Å². The van der Waals surface area contributed by atoms with Crippen LogP contribution in [0.4, 0.5) is 5.69 Å². The van der Waals surface area contributed by atoms with E-state index in [0.29, 0.717) is 48.2 Å². The first kappa shape index (κ1) is 25.2. The monoisotopic (exact) mass is 531 g/mol. The molecular weight excluding hydrogens is 506 g/mol. The van der Waals surface area contributed by atoms with Crippen LogP contribution < -0.4 is 9.46 Å². The van der Waals surface area contributed by atoms with Crippen LogP contribution in [-0.4, -0.2) is 73.3 Å². The third kappa shape index (κ3) is 5.00. The lowest BCUT2D eigenvalue weighted by molar-refractivity contribution is 0.0533. The minimum absolute atomic E-state index is 0.0495. The zero-order valence-corrected chi connectivity index (χ0v) is 21.4. The Labute approximate surface area is 219 Å². The van der Waals surface area contributed by atoms with Crippen LogP contribution in [0.2, 0.25) is 0 Å². The lowest BCUT2D eigenvalue weighted by atomic mass is 10.1. The van der Waals surface area contributed by atoms with Gasteiger partial charge in [0.25, 0.3) is 21.8 Å². The van der Waals surface area contributed by atoms with Crippen molar-refractivity contribution in [3.63, 3.8) is 0 Å². The number of benzene rings is 2. The topological polar surface area (TPSA) is 122 Å². The standard InChI is InChI=1S/C27H25N5O5S/c1-37-23-17-21(30-38(35,36)24-8-2-5-19-6-4-12-29-25(19)24)9-10-22(23)27(34)32-15-13-31(14-16-32)26(33)20-7-3-11-28-18-20/h2-12,17-18,30H,13-16H2,1H3. The van der Waals surface area contributed by atoms with Crippen LogP contribution in [0.25, 0.3) is 10.9 Å². The molecule has 2 aromatic heterocycles. The summed E-state index contributed by atoms with van der Waals surface area (Å²) in [6.07, 6.45) is 4.68. The van der Waals surface area contributed by atoms with Crippen LogP contribution in [0.15, 0.2) is 84.1 Å². The number of carbonyl (C=O) groups is 2. The number of ether oxygens (including phenoxy) is 1. The molecule has 4 aromatic rings. The van der Waals surface area contributed by atoms with E-state index in [0.717, 1.165) is 0 Å². The second-order valence-electron chi connectivity index (χ2n) is 8.68. The van der Waals surface area contributed by atoms with Gasteiger partial charge < -0.3 is 14.5 Å². The average molecular weight is 532 g/mol. The molecule has 0 radical (unpaired) electrons. The third-order valence-corrected chi connectivity index (χ3v) is 7.74. The number of aromatic nitrogens is 2. The summed E-state index contributed by atoms with van der Waals surface area (Å²) < 4.78 is 34.3. The molecular formula is C27H25N5O5S. The van der Waals surface area contributed by atoms with Crippen LogP contribution in [-0.2, 0) is 10.0 Å². The van der Waals surface area contributed by atoms with E-state index in [1.807, 2.05) is 0 Å². The fraction of sp³-hybridized carbons (Fsp3) is 0.185. The van der Waals surface area contributed by atoms with Crippen LogP contribution in [0.3, 0.4) is 0 Å². The zero-order chi connectivity index (χ0) is 26.7. The number of hydrogen-bond acceptors (Lipinski definition) is 7. The van der Waals surface area contributed by atoms with Crippen molar-refractivity contribution in [2.75, 3.05) is 38.0 Å². The van der Waals surface area contributed by atoms with E-state index in [9.17, 15) is 18.0 Å². The maximum absolute atomic E-state index is 13.3. The first-order valence-corrected chi connectivity index (χ1v) is 13.4. The van der Waals surface area contributed by atoms with Crippen LogP contribution in [0.1, 0.15) is 20.7 Å². The number of anilines is 1. The molecule has 3 heterocycles. The van der Waals surface area contributed by atoms with Gasteiger partial charge in [0.2, 0.25) is 0 Å². The minimum atomic E-state index is -3.96. The number of fused-ring (bicyclic) bond motifs is 1. The van der Waals surface area contributed by atoms with Gasteiger partial charge in [0.1, 0.15) is 10.6 Å². The molecule has 1 aliphatic rings. The molecule has 2 amide bonds. The van der Waals surface area contributed by atoms with E-state index in [1.165, 1.54) is 37.6 Å². The molecule has 1 fully saturated rings. The highest BCUT2D eigenvalue weighted by atomic mass is 32.2. The van der Waals surface area contributed by atoms with Crippen molar-refractivity contribution in [3.05, 3.63) is 90.4 Å². The van der Waals surface area contributed by atoms with Crippen LogP contribution in [0.5, 0.6) is 5.75 Å². The Balaban J connectivity index is 1.30. The Bertz CT molecular complexity index is 1600. The van der Waals surface area contributed by atoms with Gasteiger partial charge in [-0.2, -0.15) is 0 Å². The molecule has 2 aromatic carbocycles. The van der Waals surface area contributed by atoms with Crippen molar-refractivity contribution in [1.82, 2.24) is 19.8 Å². The Hall–Kier alpha value is -4.51. The normalized spacial score (nSPS) is 13.8. The van der Waals surface area contributed by atoms with Gasteiger partial charge in [-0.15, -0.1) is 0 Å². The van der Waals surface area contributed by atoms with Crippen molar-refractivity contribution < 1.29 is 22.7 Å². The highest BCUT2D eigenvalue weighted by Gasteiger charge is 2.27. The maximum atomic E-state index is 13.3. The highest BCUT2D eigenvalue weighted by molar-refractivity contribution is 7.93. The first-order chi connectivity index (χ1) is 18.4. The lowest BCUT2D eigenvalue weighted by Gasteiger charge is -2.35. The van der Waals surface area contributed by atoms with Gasteiger partial charge in [-0.3, -0.25) is 24.3 Å². The summed E-state index contributed by atoms with van der Waals surface area (Å²) in [6.45, 7) is 1.49. The second-order valence-corrected chi connectivity index (χ2v) is 10.3. The minimum Gasteiger partial charge on any atom is -0.496 e. The predicted molar refractivity (Wildman–Crippen MR) is 142 cm³/mol. The van der Waals surface area contributed by atoms with Crippen molar-refractivity contribution in [3.8, 4) is 5.75 Å². The Kier molecular flexibility index (Phi) is 6.93. The van der Waals surface area contributed by atoms with Gasteiger partial charge >= 0.3 is 0 Å². The fourth-order valence-corrected chi connectivity index (χ4v) is 5.62. The molecule has 1 aliphatic heterocycles. The summed E-state index contributed by atoms with van der Waals surface area (Å²) in [5, 5.41) is 0.705. The number of carbonyl (C=O) groups excluding carboxylic acids is 2. The molecule has 11 heteroatoms. The van der Waals surface area contributed by atoms with Gasteiger partial charge in [0, 0.05) is 56.2 Å². The summed E-state index contributed by atoms with van der Waals surface area (Å²) >= 11 is 0. The summed E-state index contributed by atoms with van der Waals surface area (Å²) in [4.78, 5) is 37.6.